The molecule has 0 aliphatic carbocycles. The molecule has 0 heterocycles. The molecule has 5 N–H and O–H groups in total. The summed E-state index contributed by atoms with van der Waals surface area (Å²) in [7, 11) is 0. The van der Waals surface area contributed by atoms with Crippen LogP contribution >= 0.6 is 0 Å². The number of nitrogens with one attached hydrogen (secondary N) is 3. The smallest absolute Gasteiger partial charge is 0.343 e. The fraction of sp³-hybridized carbons (Fsp3) is 0.0400. The van der Waals surface area contributed by atoms with Crippen molar-refractivity contribution in [1.82, 2.24) is 0 Å². The van der Waals surface area contributed by atoms with Gasteiger partial charge in [0.1, 0.15) is 5.75 Å². The summed E-state index contributed by atoms with van der Waals surface area (Å²) in [5.74, 6) is -1.53. The van der Waals surface area contributed by atoms with E-state index >= 15 is 0 Å². The molecule has 0 aromatic heterocycles. The number of para-hydroxylation sites is 1. The molecule has 3 rings (SSSR count). The number of carbonyl (C=O) groups excluding carboxylic acids is 3. The van der Waals surface area contributed by atoms with Gasteiger partial charge in [0.15, 0.2) is 12.6 Å². The first kappa shape index (κ1) is 23.7. The van der Waals surface area contributed by atoms with Gasteiger partial charge in [0, 0.05) is 17.5 Å². The Morgan fingerprint density at radius 2 is 1.50 bits per heavy atom. The third kappa shape index (κ3) is 7.65. The van der Waals surface area contributed by atoms with Gasteiger partial charge < -0.3 is 25.8 Å². The third-order valence-electron chi connectivity index (χ3n) is 4.31. The Balaban J connectivity index is 1.46. The third-order valence-corrected chi connectivity index (χ3v) is 4.31. The fourth-order valence-electron chi connectivity index (χ4n) is 2.73. The van der Waals surface area contributed by atoms with E-state index in [1.165, 1.54) is 12.2 Å². The van der Waals surface area contributed by atoms with Crippen molar-refractivity contribution in [2.75, 3.05) is 17.2 Å². The van der Waals surface area contributed by atoms with Crippen LogP contribution in [0.3, 0.4) is 0 Å². The lowest BCUT2D eigenvalue weighted by atomic mass is 10.2. The zero-order valence-electron chi connectivity index (χ0n) is 18.0. The molecule has 1 amide bonds. The highest BCUT2D eigenvalue weighted by Crippen LogP contribution is 2.16. The number of nitrogens with two attached hydrogens (primary N) is 1. The van der Waals surface area contributed by atoms with Crippen LogP contribution in [0.15, 0.2) is 84.9 Å². The Kier molecular flexibility index (Phi) is 8.12. The summed E-state index contributed by atoms with van der Waals surface area (Å²) in [5, 5.41) is 12.4. The molecule has 0 saturated heterocycles. The van der Waals surface area contributed by atoms with Crippen molar-refractivity contribution in [3.05, 3.63) is 96.1 Å². The predicted molar refractivity (Wildman–Crippen MR) is 128 cm³/mol. The Morgan fingerprint density at radius 1 is 0.853 bits per heavy atom. The second-order valence-electron chi connectivity index (χ2n) is 6.93. The van der Waals surface area contributed by atoms with Gasteiger partial charge in [-0.25, -0.2) is 9.59 Å². The molecule has 9 heteroatoms. The van der Waals surface area contributed by atoms with Gasteiger partial charge in [-0.3, -0.25) is 10.2 Å². The van der Waals surface area contributed by atoms with Gasteiger partial charge in [-0.1, -0.05) is 30.3 Å². The average Bonchev–Trinajstić information content (AvgIpc) is 2.83. The summed E-state index contributed by atoms with van der Waals surface area (Å²) in [4.78, 5) is 35.9. The van der Waals surface area contributed by atoms with Crippen molar-refractivity contribution in [3.8, 4) is 5.75 Å². The van der Waals surface area contributed by atoms with Crippen molar-refractivity contribution < 1.29 is 23.9 Å². The number of ether oxygens (including phenoxy) is 2. The van der Waals surface area contributed by atoms with Gasteiger partial charge in [0.25, 0.3) is 5.91 Å². The zero-order valence-corrected chi connectivity index (χ0v) is 18.0. The topological polar surface area (TPSA) is 144 Å². The zero-order chi connectivity index (χ0) is 24.3. The molecule has 34 heavy (non-hydrogen) atoms. The molecule has 0 fully saturated rings. The Morgan fingerprint density at radius 3 is 2.15 bits per heavy atom. The van der Waals surface area contributed by atoms with E-state index in [1.807, 2.05) is 6.07 Å². The normalized spacial score (nSPS) is 10.4. The summed E-state index contributed by atoms with van der Waals surface area (Å²) in [6, 6.07) is 21.7. The summed E-state index contributed by atoms with van der Waals surface area (Å²) < 4.78 is 10.3. The largest absolute Gasteiger partial charge is 0.452 e. The molecule has 0 aliphatic rings. The number of guanidine groups is 1. The summed E-state index contributed by atoms with van der Waals surface area (Å²) >= 11 is 0. The van der Waals surface area contributed by atoms with Gasteiger partial charge >= 0.3 is 11.9 Å². The van der Waals surface area contributed by atoms with E-state index < -0.39 is 24.5 Å². The summed E-state index contributed by atoms with van der Waals surface area (Å²) in [6.07, 6.45) is 2.72. The highest BCUT2D eigenvalue weighted by atomic mass is 16.5. The number of anilines is 2. The molecule has 0 spiro atoms. The quantitative estimate of drug-likeness (QED) is 0.133. The van der Waals surface area contributed by atoms with Crippen LogP contribution in [0.25, 0.3) is 6.08 Å². The first-order valence-electron chi connectivity index (χ1n) is 10.1. The number of amides is 1. The molecule has 0 radical (unpaired) electrons. The number of benzene rings is 3. The van der Waals surface area contributed by atoms with E-state index in [-0.39, 0.29) is 5.96 Å². The molecule has 0 unspecified atom stereocenters. The number of esters is 2. The number of hydrogen-bond acceptors (Lipinski definition) is 6. The van der Waals surface area contributed by atoms with Gasteiger partial charge in [-0.2, -0.15) is 0 Å². The molecular formula is C25H22N4O5. The van der Waals surface area contributed by atoms with Crippen LogP contribution in [0.2, 0.25) is 0 Å². The van der Waals surface area contributed by atoms with Crippen molar-refractivity contribution in [1.29, 1.82) is 5.41 Å². The first-order chi connectivity index (χ1) is 16.4. The first-order valence-corrected chi connectivity index (χ1v) is 10.1. The molecule has 0 aliphatic heterocycles. The lowest BCUT2D eigenvalue weighted by Gasteiger charge is -2.07. The van der Waals surface area contributed by atoms with E-state index in [2.05, 4.69) is 10.6 Å². The summed E-state index contributed by atoms with van der Waals surface area (Å²) in [5.41, 5.74) is 7.46. The van der Waals surface area contributed by atoms with Crippen molar-refractivity contribution in [2.24, 2.45) is 5.73 Å². The van der Waals surface area contributed by atoms with Gasteiger partial charge in [-0.05, 0) is 60.2 Å². The van der Waals surface area contributed by atoms with Crippen LogP contribution in [-0.4, -0.2) is 30.4 Å². The maximum Gasteiger partial charge on any atom is 0.343 e. The monoisotopic (exact) mass is 458 g/mol. The minimum Gasteiger partial charge on any atom is -0.452 e. The maximum atomic E-state index is 12.3. The lowest BCUT2D eigenvalue weighted by Crippen LogP contribution is -2.20. The molecule has 3 aromatic carbocycles. The van der Waals surface area contributed by atoms with Crippen LogP contribution in [0.1, 0.15) is 15.9 Å². The predicted octanol–water partition coefficient (Wildman–Crippen LogP) is 3.41. The molecule has 0 bridgehead atoms. The number of rotatable bonds is 8. The maximum absolute atomic E-state index is 12.3. The highest BCUT2D eigenvalue weighted by Gasteiger charge is 2.09. The van der Waals surface area contributed by atoms with Gasteiger partial charge in [0.2, 0.25) is 0 Å². The minimum absolute atomic E-state index is 0.203. The number of carbonyl (C=O) groups is 3. The highest BCUT2D eigenvalue weighted by molar-refractivity contribution is 5.95. The summed E-state index contributed by atoms with van der Waals surface area (Å²) in [6.45, 7) is -0.404. The fourth-order valence-corrected chi connectivity index (χ4v) is 2.73. The Hall–Kier alpha value is -4.92. The molecular weight excluding hydrogens is 436 g/mol. The lowest BCUT2D eigenvalue weighted by molar-refractivity contribution is -0.142. The van der Waals surface area contributed by atoms with E-state index in [1.54, 1.807) is 72.8 Å². The van der Waals surface area contributed by atoms with Crippen LogP contribution in [0.5, 0.6) is 5.75 Å². The molecule has 172 valence electrons. The average molecular weight is 458 g/mol. The van der Waals surface area contributed by atoms with Crippen molar-refractivity contribution >= 4 is 41.3 Å². The van der Waals surface area contributed by atoms with Crippen LogP contribution in [-0.2, 0) is 14.3 Å². The van der Waals surface area contributed by atoms with Crippen molar-refractivity contribution in [3.63, 3.8) is 0 Å². The second-order valence-corrected chi connectivity index (χ2v) is 6.93. The molecule has 0 saturated carbocycles. The molecule has 3 aromatic rings. The van der Waals surface area contributed by atoms with Crippen LogP contribution in [0, 0.1) is 5.41 Å². The SMILES string of the molecule is N=C(N)Nc1ccc(C(=O)Oc2ccc(/C=C/C(=O)OCC(=O)Nc3ccccc3)cc2)cc1. The Bertz CT molecular complexity index is 1190. The van der Waals surface area contributed by atoms with E-state index in [4.69, 9.17) is 20.6 Å². The van der Waals surface area contributed by atoms with E-state index in [0.717, 1.165) is 0 Å². The number of hydrogen-bond donors (Lipinski definition) is 4. The van der Waals surface area contributed by atoms with Crippen molar-refractivity contribution in [2.45, 2.75) is 0 Å². The standard InChI is InChI=1S/C25H22N4O5/c26-25(27)29-20-11-9-18(10-12-20)24(32)34-21-13-6-17(7-14-21)8-15-23(31)33-16-22(30)28-19-4-2-1-3-5-19/h1-15H,16H2,(H,28,30)(H4,26,27,29)/b15-8+. The van der Waals surface area contributed by atoms with E-state index in [0.29, 0.717) is 28.3 Å². The minimum atomic E-state index is -0.665. The van der Waals surface area contributed by atoms with E-state index in [9.17, 15) is 14.4 Å². The van der Waals surface area contributed by atoms with Gasteiger partial charge in [0.05, 0.1) is 5.56 Å². The van der Waals surface area contributed by atoms with Crippen LogP contribution < -0.4 is 21.1 Å². The van der Waals surface area contributed by atoms with Gasteiger partial charge in [-0.15, -0.1) is 0 Å². The molecule has 9 nitrogen and oxygen atoms in total. The van der Waals surface area contributed by atoms with Crippen LogP contribution in [0.4, 0.5) is 11.4 Å². The second kappa shape index (κ2) is 11.6. The molecule has 0 atom stereocenters. The Labute approximate surface area is 195 Å².